The SMILES string of the molecule is CCCC(C)C(C)C=CCNC. The highest BCUT2D eigenvalue weighted by molar-refractivity contribution is 4.89. The van der Waals surface area contributed by atoms with Gasteiger partial charge in [0.2, 0.25) is 0 Å². The van der Waals surface area contributed by atoms with Crippen molar-refractivity contribution < 1.29 is 0 Å². The van der Waals surface area contributed by atoms with Gasteiger partial charge in [-0.15, -0.1) is 0 Å². The van der Waals surface area contributed by atoms with Crippen molar-refractivity contribution in [1.29, 1.82) is 0 Å². The number of hydrogen-bond donors (Lipinski definition) is 1. The van der Waals surface area contributed by atoms with Gasteiger partial charge < -0.3 is 5.32 Å². The quantitative estimate of drug-likeness (QED) is 0.603. The van der Waals surface area contributed by atoms with E-state index in [0.717, 1.165) is 18.4 Å². The van der Waals surface area contributed by atoms with E-state index in [0.29, 0.717) is 0 Å². The molecule has 0 aliphatic carbocycles. The topological polar surface area (TPSA) is 12.0 Å². The van der Waals surface area contributed by atoms with E-state index < -0.39 is 0 Å². The van der Waals surface area contributed by atoms with Crippen LogP contribution in [0.4, 0.5) is 0 Å². The minimum absolute atomic E-state index is 0.721. The molecule has 0 fully saturated rings. The lowest BCUT2D eigenvalue weighted by molar-refractivity contribution is 0.423. The molecule has 72 valence electrons. The fourth-order valence-electron chi connectivity index (χ4n) is 1.31. The Bertz CT molecular complexity index is 118. The third kappa shape index (κ3) is 5.36. The van der Waals surface area contributed by atoms with Crippen molar-refractivity contribution in [2.75, 3.05) is 13.6 Å². The van der Waals surface area contributed by atoms with Crippen LogP contribution in [0.15, 0.2) is 12.2 Å². The van der Waals surface area contributed by atoms with Crippen LogP contribution in [-0.2, 0) is 0 Å². The zero-order chi connectivity index (χ0) is 9.40. The highest BCUT2D eigenvalue weighted by Gasteiger charge is 2.06. The third-order valence-electron chi connectivity index (χ3n) is 2.40. The van der Waals surface area contributed by atoms with Gasteiger partial charge >= 0.3 is 0 Å². The molecule has 0 aliphatic rings. The molecule has 0 saturated heterocycles. The Morgan fingerprint density at radius 2 is 2.00 bits per heavy atom. The third-order valence-corrected chi connectivity index (χ3v) is 2.40. The predicted molar refractivity (Wildman–Crippen MR) is 56.3 cm³/mol. The Morgan fingerprint density at radius 1 is 1.33 bits per heavy atom. The first-order valence-electron chi connectivity index (χ1n) is 5.03. The minimum Gasteiger partial charge on any atom is -0.316 e. The molecule has 0 aliphatic heterocycles. The van der Waals surface area contributed by atoms with Crippen LogP contribution in [0, 0.1) is 11.8 Å². The summed E-state index contributed by atoms with van der Waals surface area (Å²) in [5, 5.41) is 3.11. The normalized spacial score (nSPS) is 16.7. The number of rotatable bonds is 6. The van der Waals surface area contributed by atoms with Crippen LogP contribution in [0.1, 0.15) is 33.6 Å². The molecule has 0 radical (unpaired) electrons. The monoisotopic (exact) mass is 169 g/mol. The van der Waals surface area contributed by atoms with Crippen LogP contribution in [0.3, 0.4) is 0 Å². The summed E-state index contributed by atoms with van der Waals surface area (Å²) in [7, 11) is 1.98. The van der Waals surface area contributed by atoms with Gasteiger partial charge in [-0.05, 0) is 18.9 Å². The molecule has 0 spiro atoms. The molecule has 0 rings (SSSR count). The fraction of sp³-hybridized carbons (Fsp3) is 0.818. The van der Waals surface area contributed by atoms with Crippen molar-refractivity contribution in [2.45, 2.75) is 33.6 Å². The van der Waals surface area contributed by atoms with Crippen molar-refractivity contribution >= 4 is 0 Å². The average Bonchev–Trinajstić information content (AvgIpc) is 2.05. The molecule has 0 aromatic carbocycles. The smallest absolute Gasteiger partial charge is 0.0131 e. The second kappa shape index (κ2) is 7.35. The van der Waals surface area contributed by atoms with E-state index in [4.69, 9.17) is 0 Å². The first-order valence-corrected chi connectivity index (χ1v) is 5.03. The Labute approximate surface area is 77.2 Å². The lowest BCUT2D eigenvalue weighted by Crippen LogP contribution is -2.07. The largest absolute Gasteiger partial charge is 0.316 e. The minimum atomic E-state index is 0.721. The van der Waals surface area contributed by atoms with Crippen molar-refractivity contribution in [3.05, 3.63) is 12.2 Å². The lowest BCUT2D eigenvalue weighted by atomic mass is 9.91. The van der Waals surface area contributed by atoms with Gasteiger partial charge in [-0.25, -0.2) is 0 Å². The summed E-state index contributed by atoms with van der Waals surface area (Å²) in [6.45, 7) is 7.87. The van der Waals surface area contributed by atoms with E-state index in [1.165, 1.54) is 12.8 Å². The second-order valence-electron chi connectivity index (χ2n) is 3.61. The highest BCUT2D eigenvalue weighted by atomic mass is 14.8. The summed E-state index contributed by atoms with van der Waals surface area (Å²) < 4.78 is 0. The van der Waals surface area contributed by atoms with Gasteiger partial charge in [-0.3, -0.25) is 0 Å². The van der Waals surface area contributed by atoms with Crippen molar-refractivity contribution in [3.8, 4) is 0 Å². The average molecular weight is 169 g/mol. The van der Waals surface area contributed by atoms with Crippen LogP contribution in [-0.4, -0.2) is 13.6 Å². The van der Waals surface area contributed by atoms with Crippen LogP contribution in [0.25, 0.3) is 0 Å². The maximum absolute atomic E-state index is 3.11. The zero-order valence-corrected chi connectivity index (χ0v) is 8.93. The molecular formula is C11H23N. The highest BCUT2D eigenvalue weighted by Crippen LogP contribution is 2.17. The molecule has 0 aromatic rings. The molecule has 1 N–H and O–H groups in total. The van der Waals surface area contributed by atoms with Crippen LogP contribution in [0.5, 0.6) is 0 Å². The first-order chi connectivity index (χ1) is 5.72. The summed E-state index contributed by atoms with van der Waals surface area (Å²) in [6.07, 6.45) is 7.17. The van der Waals surface area contributed by atoms with E-state index in [-0.39, 0.29) is 0 Å². The molecule has 1 nitrogen and oxygen atoms in total. The summed E-state index contributed by atoms with van der Waals surface area (Å²) >= 11 is 0. The van der Waals surface area contributed by atoms with E-state index in [2.05, 4.69) is 38.2 Å². The zero-order valence-electron chi connectivity index (χ0n) is 8.93. The number of allylic oxidation sites excluding steroid dienone is 1. The fourth-order valence-corrected chi connectivity index (χ4v) is 1.31. The van der Waals surface area contributed by atoms with Gasteiger partial charge in [0.25, 0.3) is 0 Å². The van der Waals surface area contributed by atoms with Crippen LogP contribution in [0.2, 0.25) is 0 Å². The van der Waals surface area contributed by atoms with E-state index in [9.17, 15) is 0 Å². The van der Waals surface area contributed by atoms with Crippen molar-refractivity contribution in [1.82, 2.24) is 5.32 Å². The molecular weight excluding hydrogens is 146 g/mol. The van der Waals surface area contributed by atoms with E-state index in [1.807, 2.05) is 7.05 Å². The second-order valence-corrected chi connectivity index (χ2v) is 3.61. The van der Waals surface area contributed by atoms with Gasteiger partial charge in [0.15, 0.2) is 0 Å². The Balaban J connectivity index is 3.61. The Morgan fingerprint density at radius 3 is 2.50 bits per heavy atom. The van der Waals surface area contributed by atoms with Gasteiger partial charge in [-0.1, -0.05) is 45.8 Å². The van der Waals surface area contributed by atoms with E-state index in [1.54, 1.807) is 0 Å². The molecule has 0 amide bonds. The van der Waals surface area contributed by atoms with E-state index >= 15 is 0 Å². The standard InChI is InChI=1S/C11H23N/c1-5-7-10(2)11(3)8-6-9-12-4/h6,8,10-12H,5,7,9H2,1-4H3. The molecule has 0 saturated carbocycles. The van der Waals surface area contributed by atoms with Crippen LogP contribution < -0.4 is 5.32 Å². The number of nitrogens with one attached hydrogen (secondary N) is 1. The molecule has 0 bridgehead atoms. The first kappa shape index (κ1) is 11.7. The van der Waals surface area contributed by atoms with Gasteiger partial charge in [0, 0.05) is 6.54 Å². The Hall–Kier alpha value is -0.300. The summed E-state index contributed by atoms with van der Waals surface area (Å²) in [6, 6.07) is 0. The molecule has 12 heavy (non-hydrogen) atoms. The maximum atomic E-state index is 3.11. The molecule has 2 unspecified atom stereocenters. The van der Waals surface area contributed by atoms with Gasteiger partial charge in [0.05, 0.1) is 0 Å². The van der Waals surface area contributed by atoms with Crippen molar-refractivity contribution in [3.63, 3.8) is 0 Å². The molecule has 2 atom stereocenters. The number of hydrogen-bond acceptors (Lipinski definition) is 1. The summed E-state index contributed by atoms with van der Waals surface area (Å²) in [5.74, 6) is 1.54. The number of likely N-dealkylation sites (N-methyl/N-ethyl adjacent to an activating group) is 1. The lowest BCUT2D eigenvalue weighted by Gasteiger charge is -2.14. The molecule has 0 aromatic heterocycles. The summed E-state index contributed by atoms with van der Waals surface area (Å²) in [5.41, 5.74) is 0. The predicted octanol–water partition coefficient (Wildman–Crippen LogP) is 2.83. The van der Waals surface area contributed by atoms with Crippen molar-refractivity contribution in [2.24, 2.45) is 11.8 Å². The Kier molecular flexibility index (Phi) is 7.17. The molecule has 1 heteroatoms. The van der Waals surface area contributed by atoms with Gasteiger partial charge in [-0.2, -0.15) is 0 Å². The summed E-state index contributed by atoms with van der Waals surface area (Å²) in [4.78, 5) is 0. The molecule has 0 heterocycles. The maximum Gasteiger partial charge on any atom is 0.0131 e. The van der Waals surface area contributed by atoms with Crippen LogP contribution >= 0.6 is 0 Å². The van der Waals surface area contributed by atoms with Gasteiger partial charge in [0.1, 0.15) is 0 Å².